The molecule has 0 heterocycles. The van der Waals surface area contributed by atoms with Crippen LogP contribution in [-0.4, -0.2) is 42.9 Å². The van der Waals surface area contributed by atoms with Gasteiger partial charge in [-0.25, -0.2) is 0 Å². The number of aliphatic hydroxyl groups is 1. The zero-order valence-corrected chi connectivity index (χ0v) is 13.7. The van der Waals surface area contributed by atoms with Crippen LogP contribution in [0.15, 0.2) is 30.9 Å². The summed E-state index contributed by atoms with van der Waals surface area (Å²) in [6.45, 7) is 5.60. The molecule has 1 aromatic rings. The van der Waals surface area contributed by atoms with Crippen LogP contribution in [0.25, 0.3) is 0 Å². The summed E-state index contributed by atoms with van der Waals surface area (Å²) in [4.78, 5) is 2.17. The van der Waals surface area contributed by atoms with E-state index in [9.17, 15) is 5.11 Å². The smallest absolute Gasteiger partial charge is 0.161 e. The van der Waals surface area contributed by atoms with Crippen molar-refractivity contribution in [3.05, 3.63) is 36.4 Å². The maximum atomic E-state index is 10.5. The number of likely N-dealkylation sites (N-methyl/N-ethyl adjacent to an activating group) is 1. The van der Waals surface area contributed by atoms with Crippen molar-refractivity contribution in [2.24, 2.45) is 0 Å². The lowest BCUT2D eigenvalue weighted by Crippen LogP contribution is -2.38. The highest BCUT2D eigenvalue weighted by atomic mass is 16.5. The molecule has 0 spiro atoms. The lowest BCUT2D eigenvalue weighted by atomic mass is 10.0. The molecular weight excluding hydrogens is 278 g/mol. The average molecular weight is 305 g/mol. The van der Waals surface area contributed by atoms with Crippen molar-refractivity contribution < 1.29 is 14.6 Å². The molecule has 0 atom stereocenters. The summed E-state index contributed by atoms with van der Waals surface area (Å²) in [7, 11) is 3.69. The van der Waals surface area contributed by atoms with Gasteiger partial charge in [0.05, 0.1) is 12.7 Å². The van der Waals surface area contributed by atoms with Crippen LogP contribution < -0.4 is 9.47 Å². The van der Waals surface area contributed by atoms with Gasteiger partial charge in [-0.3, -0.25) is 4.90 Å². The minimum absolute atomic E-state index is 0.461. The zero-order chi connectivity index (χ0) is 16.0. The first-order valence-corrected chi connectivity index (χ1v) is 7.88. The standard InChI is InChI=1S/C18H27NO3/c1-4-11-22-16-8-7-15(12-17(16)21-3)13-19(2)14-18(20)9-5-6-10-18/h4,7-8,12,20H,1,5-6,9-11,13-14H2,2-3H3. The third-order valence-electron chi connectivity index (χ3n) is 4.14. The van der Waals surface area contributed by atoms with E-state index in [-0.39, 0.29) is 0 Å². The highest BCUT2D eigenvalue weighted by Gasteiger charge is 2.32. The fourth-order valence-corrected chi connectivity index (χ4v) is 3.14. The first kappa shape index (κ1) is 16.8. The number of ether oxygens (including phenoxy) is 2. The summed E-state index contributed by atoms with van der Waals surface area (Å²) >= 11 is 0. The van der Waals surface area contributed by atoms with Gasteiger partial charge in [0.15, 0.2) is 11.5 Å². The topological polar surface area (TPSA) is 41.9 Å². The minimum atomic E-state index is -0.508. The number of hydrogen-bond acceptors (Lipinski definition) is 4. The SMILES string of the molecule is C=CCOc1ccc(CN(C)CC2(O)CCCC2)cc1OC. The summed E-state index contributed by atoms with van der Waals surface area (Å²) < 4.78 is 11.0. The summed E-state index contributed by atoms with van der Waals surface area (Å²) in [5.74, 6) is 1.45. The lowest BCUT2D eigenvalue weighted by Gasteiger charge is -2.28. The van der Waals surface area contributed by atoms with Crippen LogP contribution in [0.5, 0.6) is 11.5 Å². The fourth-order valence-electron chi connectivity index (χ4n) is 3.14. The van der Waals surface area contributed by atoms with Gasteiger partial charge in [0.1, 0.15) is 6.61 Å². The molecule has 2 rings (SSSR count). The Labute approximate surface area is 133 Å². The van der Waals surface area contributed by atoms with Crippen molar-refractivity contribution in [1.82, 2.24) is 4.90 Å². The fraction of sp³-hybridized carbons (Fsp3) is 0.556. The number of hydrogen-bond donors (Lipinski definition) is 1. The molecule has 4 heteroatoms. The summed E-state index contributed by atoms with van der Waals surface area (Å²) in [5, 5.41) is 10.5. The molecule has 0 bridgehead atoms. The van der Waals surface area contributed by atoms with Gasteiger partial charge in [-0.1, -0.05) is 31.6 Å². The number of nitrogens with zero attached hydrogens (tertiary/aromatic N) is 1. The molecule has 22 heavy (non-hydrogen) atoms. The molecule has 1 aliphatic carbocycles. The van der Waals surface area contributed by atoms with E-state index in [2.05, 4.69) is 11.5 Å². The molecule has 1 N–H and O–H groups in total. The summed E-state index contributed by atoms with van der Waals surface area (Å²) in [6.07, 6.45) is 5.80. The molecule has 0 amide bonds. The van der Waals surface area contributed by atoms with E-state index >= 15 is 0 Å². The zero-order valence-electron chi connectivity index (χ0n) is 13.7. The Morgan fingerprint density at radius 3 is 2.68 bits per heavy atom. The second-order valence-electron chi connectivity index (χ2n) is 6.19. The molecule has 4 nitrogen and oxygen atoms in total. The van der Waals surface area contributed by atoms with Gasteiger partial charge >= 0.3 is 0 Å². The third kappa shape index (κ3) is 4.49. The van der Waals surface area contributed by atoms with E-state index in [0.717, 1.165) is 49.3 Å². The van der Waals surface area contributed by atoms with E-state index < -0.39 is 5.60 Å². The summed E-state index contributed by atoms with van der Waals surface area (Å²) in [6, 6.07) is 5.96. The Bertz CT molecular complexity index is 495. The van der Waals surface area contributed by atoms with E-state index in [1.54, 1.807) is 13.2 Å². The van der Waals surface area contributed by atoms with E-state index in [1.807, 2.05) is 25.2 Å². The van der Waals surface area contributed by atoms with Gasteiger partial charge in [-0.2, -0.15) is 0 Å². The Kier molecular flexibility index (Phi) is 5.86. The maximum absolute atomic E-state index is 10.5. The molecule has 1 aromatic carbocycles. The van der Waals surface area contributed by atoms with Gasteiger partial charge in [-0.05, 0) is 37.6 Å². The van der Waals surface area contributed by atoms with Crippen molar-refractivity contribution in [3.63, 3.8) is 0 Å². The number of benzene rings is 1. The predicted octanol–water partition coefficient (Wildman–Crippen LogP) is 3.00. The van der Waals surface area contributed by atoms with Crippen LogP contribution in [0.2, 0.25) is 0 Å². The number of methoxy groups -OCH3 is 1. The van der Waals surface area contributed by atoms with Crippen molar-refractivity contribution >= 4 is 0 Å². The van der Waals surface area contributed by atoms with E-state index in [1.165, 1.54) is 0 Å². The van der Waals surface area contributed by atoms with Gasteiger partial charge in [-0.15, -0.1) is 0 Å². The molecule has 0 unspecified atom stereocenters. The van der Waals surface area contributed by atoms with Crippen LogP contribution in [0.4, 0.5) is 0 Å². The Balaban J connectivity index is 1.98. The Morgan fingerprint density at radius 2 is 2.05 bits per heavy atom. The monoisotopic (exact) mass is 305 g/mol. The van der Waals surface area contributed by atoms with Gasteiger partial charge < -0.3 is 14.6 Å². The molecule has 0 aromatic heterocycles. The quantitative estimate of drug-likeness (QED) is 0.750. The maximum Gasteiger partial charge on any atom is 0.161 e. The van der Waals surface area contributed by atoms with E-state index in [0.29, 0.717) is 13.2 Å². The van der Waals surface area contributed by atoms with Crippen LogP contribution in [0, 0.1) is 0 Å². The molecule has 0 radical (unpaired) electrons. The molecule has 0 saturated heterocycles. The van der Waals surface area contributed by atoms with Crippen LogP contribution in [-0.2, 0) is 6.54 Å². The minimum Gasteiger partial charge on any atom is -0.493 e. The highest BCUT2D eigenvalue weighted by molar-refractivity contribution is 5.43. The molecule has 0 aliphatic heterocycles. The number of rotatable bonds is 8. The van der Waals surface area contributed by atoms with Crippen molar-refractivity contribution in [2.45, 2.75) is 37.8 Å². The first-order valence-electron chi connectivity index (χ1n) is 7.88. The average Bonchev–Trinajstić information content (AvgIpc) is 2.91. The van der Waals surface area contributed by atoms with Crippen LogP contribution >= 0.6 is 0 Å². The van der Waals surface area contributed by atoms with Gasteiger partial charge in [0, 0.05) is 13.1 Å². The largest absolute Gasteiger partial charge is 0.493 e. The highest BCUT2D eigenvalue weighted by Crippen LogP contribution is 2.31. The normalized spacial score (nSPS) is 16.7. The second-order valence-corrected chi connectivity index (χ2v) is 6.19. The van der Waals surface area contributed by atoms with Crippen LogP contribution in [0.1, 0.15) is 31.2 Å². The predicted molar refractivity (Wildman–Crippen MR) is 88.4 cm³/mol. The second kappa shape index (κ2) is 7.65. The Hall–Kier alpha value is -1.52. The molecule has 122 valence electrons. The van der Waals surface area contributed by atoms with Crippen LogP contribution in [0.3, 0.4) is 0 Å². The van der Waals surface area contributed by atoms with E-state index in [4.69, 9.17) is 9.47 Å². The van der Waals surface area contributed by atoms with Crippen molar-refractivity contribution in [3.8, 4) is 11.5 Å². The first-order chi connectivity index (χ1) is 10.6. The van der Waals surface area contributed by atoms with Gasteiger partial charge in [0.2, 0.25) is 0 Å². The van der Waals surface area contributed by atoms with Crippen molar-refractivity contribution in [1.29, 1.82) is 0 Å². The third-order valence-corrected chi connectivity index (χ3v) is 4.14. The van der Waals surface area contributed by atoms with Crippen molar-refractivity contribution in [2.75, 3.05) is 27.3 Å². The molecular formula is C18H27NO3. The molecule has 1 aliphatic rings. The molecule has 1 fully saturated rings. The summed E-state index contributed by atoms with van der Waals surface area (Å²) in [5.41, 5.74) is 0.637. The lowest BCUT2D eigenvalue weighted by molar-refractivity contribution is 0.0145. The molecule has 1 saturated carbocycles. The van der Waals surface area contributed by atoms with Gasteiger partial charge in [0.25, 0.3) is 0 Å². The Morgan fingerprint density at radius 1 is 1.32 bits per heavy atom.